The van der Waals surface area contributed by atoms with Crippen molar-refractivity contribution in [2.45, 2.75) is 58.0 Å². The lowest BCUT2D eigenvalue weighted by Gasteiger charge is -2.34. The summed E-state index contributed by atoms with van der Waals surface area (Å²) in [6, 6.07) is 21.3. The summed E-state index contributed by atoms with van der Waals surface area (Å²) in [5.74, 6) is 1.79. The van der Waals surface area contributed by atoms with Crippen molar-refractivity contribution in [3.8, 4) is 11.5 Å². The van der Waals surface area contributed by atoms with Crippen LogP contribution in [0.2, 0.25) is 0 Å². The average Bonchev–Trinajstić information content (AvgIpc) is 3.23. The van der Waals surface area contributed by atoms with Crippen LogP contribution in [0.15, 0.2) is 66.7 Å². The van der Waals surface area contributed by atoms with Crippen LogP contribution in [0.5, 0.6) is 11.5 Å². The van der Waals surface area contributed by atoms with Crippen LogP contribution in [0, 0.1) is 0 Å². The summed E-state index contributed by atoms with van der Waals surface area (Å²) in [6.07, 6.45) is 6.83. The van der Waals surface area contributed by atoms with Crippen molar-refractivity contribution in [1.29, 1.82) is 0 Å². The molecule has 1 aliphatic carbocycles. The van der Waals surface area contributed by atoms with E-state index in [1.807, 2.05) is 65.2 Å². The Morgan fingerprint density at radius 3 is 2.62 bits per heavy atom. The van der Waals surface area contributed by atoms with Crippen LogP contribution in [0.25, 0.3) is 11.0 Å². The van der Waals surface area contributed by atoms with Crippen LogP contribution in [0.1, 0.15) is 61.4 Å². The third kappa shape index (κ3) is 5.40. The van der Waals surface area contributed by atoms with Crippen LogP contribution in [-0.2, 0) is 6.54 Å². The molecule has 5 rings (SSSR count). The number of hydrogen-bond acceptors (Lipinski definition) is 5. The van der Waals surface area contributed by atoms with Gasteiger partial charge in [-0.1, -0.05) is 50.5 Å². The van der Waals surface area contributed by atoms with Gasteiger partial charge in [-0.2, -0.15) is 0 Å². The Morgan fingerprint density at radius 2 is 1.84 bits per heavy atom. The molecule has 37 heavy (non-hydrogen) atoms. The quantitative estimate of drug-likeness (QED) is 0.281. The lowest BCUT2D eigenvalue weighted by Crippen LogP contribution is -2.42. The van der Waals surface area contributed by atoms with E-state index in [1.54, 1.807) is 6.07 Å². The van der Waals surface area contributed by atoms with E-state index >= 15 is 0 Å². The first-order valence-corrected chi connectivity index (χ1v) is 13.2. The number of carbonyl (C=O) groups excluding carboxylic acids is 1. The number of para-hydroxylation sites is 2. The Kier molecular flexibility index (Phi) is 7.30. The van der Waals surface area contributed by atoms with E-state index in [4.69, 9.17) is 16.2 Å². The minimum atomic E-state index is 0.121. The van der Waals surface area contributed by atoms with Gasteiger partial charge in [0, 0.05) is 24.2 Å². The molecule has 4 aromatic rings. The second-order valence-corrected chi connectivity index (χ2v) is 9.84. The smallest absolute Gasteiger partial charge is 0.254 e. The first-order chi connectivity index (χ1) is 18.0. The number of carbonyl (C=O) groups is 1. The molecular weight excluding hydrogens is 462 g/mol. The molecule has 0 saturated heterocycles. The molecule has 7 nitrogen and oxygen atoms in total. The number of nitrogen functional groups attached to an aromatic ring is 2. The van der Waals surface area contributed by atoms with Gasteiger partial charge in [0.25, 0.3) is 5.91 Å². The van der Waals surface area contributed by atoms with Crippen LogP contribution in [0.3, 0.4) is 0 Å². The number of amides is 1. The van der Waals surface area contributed by atoms with Gasteiger partial charge in [-0.05, 0) is 61.2 Å². The van der Waals surface area contributed by atoms with Crippen molar-refractivity contribution < 1.29 is 9.53 Å². The highest BCUT2D eigenvalue weighted by Gasteiger charge is 2.25. The lowest BCUT2D eigenvalue weighted by molar-refractivity contribution is 0.0634. The molecule has 0 spiro atoms. The van der Waals surface area contributed by atoms with Gasteiger partial charge < -0.3 is 25.7 Å². The maximum absolute atomic E-state index is 13.6. The molecule has 0 atom stereocenters. The molecule has 1 aromatic heterocycles. The summed E-state index contributed by atoms with van der Waals surface area (Å²) in [5.41, 5.74) is 16.3. The predicted octanol–water partition coefficient (Wildman–Crippen LogP) is 6.23. The first-order valence-electron chi connectivity index (χ1n) is 13.2. The fraction of sp³-hybridized carbons (Fsp3) is 0.333. The van der Waals surface area contributed by atoms with Crippen molar-refractivity contribution in [2.75, 3.05) is 18.0 Å². The van der Waals surface area contributed by atoms with Gasteiger partial charge in [0.05, 0.1) is 23.3 Å². The van der Waals surface area contributed by atoms with Gasteiger partial charge in [-0.25, -0.2) is 4.98 Å². The number of nitrogens with two attached hydrogens (primary N) is 2. The fourth-order valence-corrected chi connectivity index (χ4v) is 5.29. The van der Waals surface area contributed by atoms with Gasteiger partial charge in [0.1, 0.15) is 11.5 Å². The molecule has 1 fully saturated rings. The molecule has 7 heteroatoms. The van der Waals surface area contributed by atoms with Crippen molar-refractivity contribution in [1.82, 2.24) is 14.5 Å². The highest BCUT2D eigenvalue weighted by molar-refractivity contribution is 5.94. The molecule has 0 unspecified atom stereocenters. The summed E-state index contributed by atoms with van der Waals surface area (Å²) in [5, 5.41) is 0. The number of aromatic nitrogens is 2. The van der Waals surface area contributed by atoms with Crippen molar-refractivity contribution in [2.24, 2.45) is 0 Å². The topological polar surface area (TPSA) is 99.4 Å². The Bertz CT molecular complexity index is 1390. The van der Waals surface area contributed by atoms with E-state index in [0.29, 0.717) is 35.7 Å². The van der Waals surface area contributed by atoms with Crippen molar-refractivity contribution >= 4 is 28.6 Å². The fourth-order valence-electron chi connectivity index (χ4n) is 5.29. The second kappa shape index (κ2) is 10.9. The zero-order valence-electron chi connectivity index (χ0n) is 21.4. The summed E-state index contributed by atoms with van der Waals surface area (Å²) < 4.78 is 7.98. The average molecular weight is 498 g/mol. The zero-order chi connectivity index (χ0) is 25.8. The van der Waals surface area contributed by atoms with E-state index in [2.05, 4.69) is 16.8 Å². The standard InChI is InChI=1S/C30H35N5O2/c1-2-17-34(23-11-4-3-5-12-23)29(36)22-10-8-9-21(18-22)20-35-27-19-24(15-16-26(27)33-30(35)32)37-28-14-7-6-13-25(28)31/h6-10,13-16,18-19,23H,2-5,11-12,17,20,31H2,1H3,(H2,32,33). The van der Waals surface area contributed by atoms with Crippen LogP contribution >= 0.6 is 0 Å². The Balaban J connectivity index is 1.40. The van der Waals surface area contributed by atoms with Crippen molar-refractivity contribution in [3.05, 3.63) is 77.9 Å². The molecule has 0 bridgehead atoms. The molecule has 192 valence electrons. The Morgan fingerprint density at radius 1 is 1.03 bits per heavy atom. The SMILES string of the molecule is CCCN(C(=O)c1cccc(Cn2c(N)nc3ccc(Oc4ccccc4N)cc32)c1)C1CCCCC1. The minimum Gasteiger partial charge on any atom is -0.455 e. The molecule has 4 N–H and O–H groups in total. The number of rotatable bonds is 8. The molecule has 1 aliphatic rings. The molecule has 0 aliphatic heterocycles. The van der Waals surface area contributed by atoms with Gasteiger partial charge in [0.2, 0.25) is 5.95 Å². The summed E-state index contributed by atoms with van der Waals surface area (Å²) in [6.45, 7) is 3.43. The van der Waals surface area contributed by atoms with Gasteiger partial charge in [-0.15, -0.1) is 0 Å². The third-order valence-corrected chi connectivity index (χ3v) is 7.15. The first kappa shape index (κ1) is 24.7. The molecular formula is C30H35N5O2. The normalized spacial score (nSPS) is 14.1. The minimum absolute atomic E-state index is 0.121. The van der Waals surface area contributed by atoms with Gasteiger partial charge in [-0.3, -0.25) is 4.79 Å². The number of imidazole rings is 1. The molecule has 0 radical (unpaired) electrons. The van der Waals surface area contributed by atoms with E-state index in [0.717, 1.165) is 48.0 Å². The summed E-state index contributed by atoms with van der Waals surface area (Å²) >= 11 is 0. The van der Waals surface area contributed by atoms with Crippen LogP contribution in [0.4, 0.5) is 11.6 Å². The van der Waals surface area contributed by atoms with Gasteiger partial charge in [0.15, 0.2) is 0 Å². The second-order valence-electron chi connectivity index (χ2n) is 9.84. The Labute approximate surface area is 218 Å². The molecule has 1 heterocycles. The van der Waals surface area contributed by atoms with E-state index in [9.17, 15) is 4.79 Å². The number of fused-ring (bicyclic) bond motifs is 1. The number of ether oxygens (including phenoxy) is 1. The van der Waals surface area contributed by atoms with Crippen LogP contribution < -0.4 is 16.2 Å². The number of nitrogens with zero attached hydrogens (tertiary/aromatic N) is 3. The highest BCUT2D eigenvalue weighted by Crippen LogP contribution is 2.31. The maximum atomic E-state index is 13.6. The van der Waals surface area contributed by atoms with Crippen molar-refractivity contribution in [3.63, 3.8) is 0 Å². The highest BCUT2D eigenvalue weighted by atomic mass is 16.5. The molecule has 1 saturated carbocycles. The number of anilines is 2. The largest absolute Gasteiger partial charge is 0.455 e. The van der Waals surface area contributed by atoms with Crippen LogP contribution in [-0.4, -0.2) is 32.9 Å². The van der Waals surface area contributed by atoms with E-state index in [-0.39, 0.29) is 5.91 Å². The number of benzene rings is 3. The maximum Gasteiger partial charge on any atom is 0.254 e. The van der Waals surface area contributed by atoms with E-state index in [1.165, 1.54) is 19.3 Å². The molecule has 1 amide bonds. The summed E-state index contributed by atoms with van der Waals surface area (Å²) in [7, 11) is 0. The Hall–Kier alpha value is -4.00. The summed E-state index contributed by atoms with van der Waals surface area (Å²) in [4.78, 5) is 20.2. The van der Waals surface area contributed by atoms with E-state index < -0.39 is 0 Å². The van der Waals surface area contributed by atoms with Gasteiger partial charge >= 0.3 is 0 Å². The zero-order valence-corrected chi connectivity index (χ0v) is 21.4. The third-order valence-electron chi connectivity index (χ3n) is 7.15. The lowest BCUT2D eigenvalue weighted by atomic mass is 9.93. The monoisotopic (exact) mass is 497 g/mol. The molecule has 3 aromatic carbocycles. The predicted molar refractivity (Wildman–Crippen MR) is 149 cm³/mol. The number of hydrogen-bond donors (Lipinski definition) is 2.